The first kappa shape index (κ1) is 25.0. The smallest absolute Gasteiger partial charge is 0.107 e. The lowest BCUT2D eigenvalue weighted by molar-refractivity contribution is 0.0591. The maximum Gasteiger partial charge on any atom is 0.107 e. The van der Waals surface area contributed by atoms with E-state index in [0.717, 1.165) is 51.4 Å². The highest BCUT2D eigenvalue weighted by atomic mass is 35.5. The van der Waals surface area contributed by atoms with Gasteiger partial charge >= 0.3 is 0 Å². The lowest BCUT2D eigenvalue weighted by Gasteiger charge is -2.29. The molecule has 0 saturated carbocycles. The fraction of sp³-hybridized carbons (Fsp3) is 0.857. The molecule has 0 aliphatic heterocycles. The average Bonchev–Trinajstić information content (AvgIpc) is 2.61. The van der Waals surface area contributed by atoms with Gasteiger partial charge in [-0.05, 0) is 25.7 Å². The first-order chi connectivity index (χ1) is 11.8. The van der Waals surface area contributed by atoms with Gasteiger partial charge in [0.25, 0.3) is 0 Å². The van der Waals surface area contributed by atoms with Crippen molar-refractivity contribution in [1.29, 1.82) is 0 Å². The first-order valence-corrected chi connectivity index (χ1v) is 10.8. The summed E-state index contributed by atoms with van der Waals surface area (Å²) >= 11 is 12.9. The van der Waals surface area contributed by atoms with Crippen LogP contribution in [0.5, 0.6) is 0 Å². The molecule has 4 heteroatoms. The molecule has 148 valence electrons. The van der Waals surface area contributed by atoms with Gasteiger partial charge in [-0.25, -0.2) is 0 Å². The molecule has 25 heavy (non-hydrogen) atoms. The normalized spacial score (nSPS) is 12.2. The topological polar surface area (TPSA) is 40.5 Å². The molecule has 0 heterocycles. The maximum absolute atomic E-state index is 11.0. The second-order valence-corrected chi connectivity index (χ2v) is 7.99. The Morgan fingerprint density at radius 2 is 0.880 bits per heavy atom. The molecule has 0 rings (SSSR count). The van der Waals surface area contributed by atoms with Crippen LogP contribution in [-0.2, 0) is 0 Å². The van der Waals surface area contributed by atoms with Crippen LogP contribution in [0.1, 0.15) is 105 Å². The minimum absolute atomic E-state index is 0.242. The van der Waals surface area contributed by atoms with Crippen LogP contribution >= 0.6 is 23.2 Å². The second kappa shape index (κ2) is 13.2. The molecule has 0 aromatic rings. The van der Waals surface area contributed by atoms with Gasteiger partial charge in [-0.2, -0.15) is 0 Å². The zero-order valence-corrected chi connectivity index (χ0v) is 18.1. The van der Waals surface area contributed by atoms with Gasteiger partial charge < -0.3 is 10.2 Å². The van der Waals surface area contributed by atoms with Crippen molar-refractivity contribution in [2.24, 2.45) is 0 Å². The lowest BCUT2D eigenvalue weighted by Crippen LogP contribution is -2.31. The van der Waals surface area contributed by atoms with E-state index in [2.05, 4.69) is 33.4 Å². The predicted octanol–water partition coefficient (Wildman–Crippen LogP) is 7.05. The standard InChI is InChI=1S/C21H38Cl2O2/c1-5-9-13-20(24,14-10-6-2)18(22)17-19(23)21(25,15-11-7-3)16-12-8-4/h24-25H,5-16H2,1-4H3. The van der Waals surface area contributed by atoms with E-state index in [1.54, 1.807) is 0 Å². The number of hydrogen-bond donors (Lipinski definition) is 2. The van der Waals surface area contributed by atoms with Gasteiger partial charge in [0.2, 0.25) is 0 Å². The highest BCUT2D eigenvalue weighted by Crippen LogP contribution is 2.35. The molecule has 2 nitrogen and oxygen atoms in total. The molecular weight excluding hydrogens is 355 g/mol. The Morgan fingerprint density at radius 1 is 0.640 bits per heavy atom. The highest BCUT2D eigenvalue weighted by molar-refractivity contribution is 6.33. The van der Waals surface area contributed by atoms with Crippen LogP contribution in [0.4, 0.5) is 0 Å². The Labute approximate surface area is 165 Å². The minimum Gasteiger partial charge on any atom is -0.384 e. The van der Waals surface area contributed by atoms with Gasteiger partial charge in [0, 0.05) is 0 Å². The zero-order valence-electron chi connectivity index (χ0n) is 16.6. The van der Waals surface area contributed by atoms with E-state index >= 15 is 0 Å². The van der Waals surface area contributed by atoms with E-state index in [-0.39, 0.29) is 10.1 Å². The molecule has 0 aromatic carbocycles. The third kappa shape index (κ3) is 8.98. The Bertz CT molecular complexity index is 374. The van der Waals surface area contributed by atoms with E-state index in [1.165, 1.54) is 0 Å². The summed E-state index contributed by atoms with van der Waals surface area (Å²) in [4.78, 5) is 0. The van der Waals surface area contributed by atoms with Crippen LogP contribution < -0.4 is 0 Å². The molecule has 0 amide bonds. The van der Waals surface area contributed by atoms with Crippen LogP contribution in [0, 0.1) is 0 Å². The molecule has 0 unspecified atom stereocenters. The van der Waals surface area contributed by atoms with Crippen molar-refractivity contribution in [1.82, 2.24) is 0 Å². The third-order valence-corrected chi connectivity index (χ3v) is 5.70. The number of halogens is 2. The fourth-order valence-corrected chi connectivity index (χ4v) is 3.51. The Balaban J connectivity index is 5.67. The summed E-state index contributed by atoms with van der Waals surface area (Å²) in [5.74, 6) is 0. The lowest BCUT2D eigenvalue weighted by atomic mass is 9.88. The minimum atomic E-state index is -1.09. The number of hydrogen-bond acceptors (Lipinski definition) is 2. The summed E-state index contributed by atoms with van der Waals surface area (Å²) < 4.78 is 0. The number of unbranched alkanes of at least 4 members (excludes halogenated alkanes) is 4. The monoisotopic (exact) mass is 392 g/mol. The van der Waals surface area contributed by atoms with E-state index in [9.17, 15) is 10.2 Å². The van der Waals surface area contributed by atoms with Crippen LogP contribution in [0.3, 0.4) is 0 Å². The van der Waals surface area contributed by atoms with E-state index < -0.39 is 11.2 Å². The molecule has 0 fully saturated rings. The van der Waals surface area contributed by atoms with E-state index in [0.29, 0.717) is 25.7 Å². The van der Waals surface area contributed by atoms with Crippen LogP contribution in [-0.4, -0.2) is 21.4 Å². The van der Waals surface area contributed by atoms with Crippen molar-refractivity contribution in [2.45, 2.75) is 116 Å². The summed E-state index contributed by atoms with van der Waals surface area (Å²) in [7, 11) is 0. The second-order valence-electron chi connectivity index (χ2n) is 7.23. The van der Waals surface area contributed by atoms with Gasteiger partial charge in [0.1, 0.15) is 11.2 Å². The van der Waals surface area contributed by atoms with Crippen molar-refractivity contribution < 1.29 is 10.2 Å². The quantitative estimate of drug-likeness (QED) is 0.310. The molecule has 0 bridgehead atoms. The van der Waals surface area contributed by atoms with Crippen LogP contribution in [0.15, 0.2) is 15.8 Å². The maximum atomic E-state index is 11.0. The van der Waals surface area contributed by atoms with Crippen LogP contribution in [0.25, 0.3) is 0 Å². The van der Waals surface area contributed by atoms with Gasteiger partial charge in [-0.15, -0.1) is 0 Å². The van der Waals surface area contributed by atoms with Crippen molar-refractivity contribution in [3.63, 3.8) is 0 Å². The van der Waals surface area contributed by atoms with Gasteiger partial charge in [-0.3, -0.25) is 0 Å². The van der Waals surface area contributed by atoms with E-state index in [1.807, 2.05) is 0 Å². The molecule has 0 saturated heterocycles. The van der Waals surface area contributed by atoms with Crippen molar-refractivity contribution in [3.05, 3.63) is 15.8 Å². The molecule has 2 N–H and O–H groups in total. The Kier molecular flexibility index (Phi) is 13.2. The number of aliphatic hydroxyl groups is 2. The Hall–Kier alpha value is 0.0200. The molecular formula is C21H38Cl2O2. The van der Waals surface area contributed by atoms with Gasteiger partial charge in [0.15, 0.2) is 0 Å². The van der Waals surface area contributed by atoms with E-state index in [4.69, 9.17) is 23.2 Å². The highest BCUT2D eigenvalue weighted by Gasteiger charge is 2.33. The van der Waals surface area contributed by atoms with Gasteiger partial charge in [-0.1, -0.05) is 108 Å². The zero-order chi connectivity index (χ0) is 19.3. The predicted molar refractivity (Wildman–Crippen MR) is 110 cm³/mol. The third-order valence-electron chi connectivity index (χ3n) is 4.81. The molecule has 0 radical (unpaired) electrons. The largest absolute Gasteiger partial charge is 0.384 e. The van der Waals surface area contributed by atoms with Crippen molar-refractivity contribution in [2.75, 3.05) is 0 Å². The molecule has 0 aliphatic carbocycles. The molecule has 0 aromatic heterocycles. The average molecular weight is 393 g/mol. The summed E-state index contributed by atoms with van der Waals surface area (Å²) in [5.41, 5.74) is 0.775. The summed E-state index contributed by atoms with van der Waals surface area (Å²) in [6, 6.07) is 0. The molecule has 0 atom stereocenters. The fourth-order valence-electron chi connectivity index (χ4n) is 2.89. The van der Waals surface area contributed by atoms with Crippen LogP contribution in [0.2, 0.25) is 0 Å². The molecule has 0 aliphatic rings. The summed E-state index contributed by atoms with van der Waals surface area (Å²) in [5, 5.41) is 22.5. The SMILES string of the molecule is CCCCC(O)(CCCC)C(Cl)=C=C(Cl)C(O)(CCCC)CCCC. The van der Waals surface area contributed by atoms with Crippen molar-refractivity contribution in [3.8, 4) is 0 Å². The van der Waals surface area contributed by atoms with Crippen molar-refractivity contribution >= 4 is 23.2 Å². The molecule has 0 spiro atoms. The number of rotatable bonds is 14. The van der Waals surface area contributed by atoms with Gasteiger partial charge in [0.05, 0.1) is 10.1 Å². The Morgan fingerprint density at radius 3 is 1.08 bits per heavy atom. The summed E-state index contributed by atoms with van der Waals surface area (Å²) in [6.07, 6.45) is 9.95. The first-order valence-electron chi connectivity index (χ1n) is 10.1. The summed E-state index contributed by atoms with van der Waals surface area (Å²) in [6.45, 7) is 8.37.